The van der Waals surface area contributed by atoms with Gasteiger partial charge in [-0.05, 0) is 41.3 Å². The van der Waals surface area contributed by atoms with E-state index in [4.69, 9.17) is 0 Å². The molecule has 0 spiro atoms. The van der Waals surface area contributed by atoms with Crippen molar-refractivity contribution in [2.45, 2.75) is 13.1 Å². The Morgan fingerprint density at radius 2 is 1.79 bits per heavy atom. The van der Waals surface area contributed by atoms with E-state index in [1.165, 1.54) is 16.2 Å². The number of thiazole rings is 1. The van der Waals surface area contributed by atoms with E-state index in [1.54, 1.807) is 23.5 Å². The minimum Gasteiger partial charge on any atom is -0.507 e. The number of hydrogen-bond acceptors (Lipinski definition) is 7. The molecule has 0 saturated carbocycles. The van der Waals surface area contributed by atoms with Gasteiger partial charge in [-0.2, -0.15) is 0 Å². The van der Waals surface area contributed by atoms with E-state index in [1.807, 2.05) is 62.7 Å². The molecular formula is C25H19N5O2S2. The van der Waals surface area contributed by atoms with Crippen molar-refractivity contribution in [3.8, 4) is 38.3 Å². The van der Waals surface area contributed by atoms with Gasteiger partial charge >= 0.3 is 0 Å². The van der Waals surface area contributed by atoms with Gasteiger partial charge in [0.1, 0.15) is 16.5 Å². The molecular weight excluding hydrogens is 466 g/mol. The summed E-state index contributed by atoms with van der Waals surface area (Å²) in [7, 11) is 0. The molecule has 0 radical (unpaired) electrons. The molecule has 9 heteroatoms. The molecule has 1 aliphatic heterocycles. The van der Waals surface area contributed by atoms with Gasteiger partial charge < -0.3 is 14.6 Å². The molecule has 0 unspecified atom stereocenters. The smallest absolute Gasteiger partial charge is 0.254 e. The van der Waals surface area contributed by atoms with E-state index in [2.05, 4.69) is 21.2 Å². The Labute approximate surface area is 203 Å². The number of amides is 1. The molecule has 1 amide bonds. The number of hydrogen-bond donors (Lipinski definition) is 1. The van der Waals surface area contributed by atoms with Crippen molar-refractivity contribution in [1.29, 1.82) is 0 Å². The van der Waals surface area contributed by atoms with Crippen LogP contribution in [0.1, 0.15) is 16.2 Å². The highest BCUT2D eigenvalue weighted by atomic mass is 32.1. The molecule has 4 heterocycles. The molecule has 0 fully saturated rings. The number of phenolic OH excluding ortho intramolecular Hbond substituents is 1. The van der Waals surface area contributed by atoms with E-state index >= 15 is 0 Å². The maximum Gasteiger partial charge on any atom is 0.254 e. The third kappa shape index (κ3) is 3.68. The first-order chi connectivity index (χ1) is 16.7. The van der Waals surface area contributed by atoms with E-state index < -0.39 is 0 Å². The van der Waals surface area contributed by atoms with Gasteiger partial charge in [-0.25, -0.2) is 4.98 Å². The molecule has 6 rings (SSSR count). The lowest BCUT2D eigenvalue weighted by atomic mass is 10.1. The van der Waals surface area contributed by atoms with Crippen molar-refractivity contribution in [2.24, 2.45) is 0 Å². The van der Waals surface area contributed by atoms with Crippen molar-refractivity contribution < 1.29 is 9.90 Å². The van der Waals surface area contributed by atoms with Crippen molar-refractivity contribution in [1.82, 2.24) is 24.6 Å². The number of nitrogens with zero attached hydrogens (tertiary/aromatic N) is 5. The summed E-state index contributed by atoms with van der Waals surface area (Å²) in [6.07, 6.45) is 0. The molecule has 5 aromatic rings. The Morgan fingerprint density at radius 1 is 0.941 bits per heavy atom. The van der Waals surface area contributed by atoms with E-state index in [9.17, 15) is 9.90 Å². The van der Waals surface area contributed by atoms with Crippen LogP contribution in [0.15, 0.2) is 71.4 Å². The lowest BCUT2D eigenvalue weighted by molar-refractivity contribution is 0.0708. The number of fused-ring (bicyclic) bond motifs is 1. The number of benzene rings is 2. The van der Waals surface area contributed by atoms with Crippen LogP contribution in [0.3, 0.4) is 0 Å². The molecule has 1 N–H and O–H groups in total. The fourth-order valence-electron chi connectivity index (χ4n) is 4.08. The molecule has 2 aromatic carbocycles. The first-order valence-corrected chi connectivity index (χ1v) is 12.5. The Balaban J connectivity index is 1.20. The second kappa shape index (κ2) is 8.51. The molecule has 0 bridgehead atoms. The average Bonchev–Trinajstić information content (AvgIpc) is 3.64. The van der Waals surface area contributed by atoms with Gasteiger partial charge in [-0.1, -0.05) is 30.3 Å². The summed E-state index contributed by atoms with van der Waals surface area (Å²) >= 11 is 3.13. The first-order valence-electron chi connectivity index (χ1n) is 10.8. The quantitative estimate of drug-likeness (QED) is 0.380. The summed E-state index contributed by atoms with van der Waals surface area (Å²) < 4.78 is 2.02. The Morgan fingerprint density at radius 3 is 2.59 bits per heavy atom. The predicted molar refractivity (Wildman–Crippen MR) is 133 cm³/mol. The fraction of sp³-hybridized carbons (Fsp3) is 0.120. The summed E-state index contributed by atoms with van der Waals surface area (Å²) in [5.74, 6) is 1.61. The van der Waals surface area contributed by atoms with Gasteiger partial charge in [-0.15, -0.1) is 32.9 Å². The van der Waals surface area contributed by atoms with Crippen molar-refractivity contribution in [3.05, 3.63) is 82.8 Å². The number of phenols is 1. The summed E-state index contributed by atoms with van der Waals surface area (Å²) in [4.78, 5) is 20.8. The Bertz CT molecular complexity index is 1470. The number of carbonyl (C=O) groups is 1. The number of thiophene rings is 1. The van der Waals surface area contributed by atoms with Crippen molar-refractivity contribution >= 4 is 28.6 Å². The molecule has 7 nitrogen and oxygen atoms in total. The molecule has 34 heavy (non-hydrogen) atoms. The van der Waals surface area contributed by atoms with Crippen LogP contribution < -0.4 is 0 Å². The minimum absolute atomic E-state index is 0.0102. The fourth-order valence-corrected chi connectivity index (χ4v) is 5.64. The highest BCUT2D eigenvalue weighted by molar-refractivity contribution is 7.13. The second-order valence-corrected chi connectivity index (χ2v) is 9.73. The van der Waals surface area contributed by atoms with Gasteiger partial charge in [0.05, 0.1) is 12.1 Å². The van der Waals surface area contributed by atoms with Crippen LogP contribution in [-0.4, -0.2) is 42.2 Å². The van der Waals surface area contributed by atoms with Crippen LogP contribution in [0.4, 0.5) is 0 Å². The third-order valence-electron chi connectivity index (χ3n) is 5.85. The van der Waals surface area contributed by atoms with Gasteiger partial charge in [-0.3, -0.25) is 4.79 Å². The van der Waals surface area contributed by atoms with E-state index in [0.29, 0.717) is 42.3 Å². The normalized spacial score (nSPS) is 13.1. The maximum atomic E-state index is 13.1. The zero-order valence-corrected chi connectivity index (χ0v) is 19.6. The maximum absolute atomic E-state index is 13.1. The average molecular weight is 486 g/mol. The standard InChI is InChI=1S/C25H19N5O2S2/c31-20-5-2-1-4-18(20)24-26-19(15-34-24)23-28-27-22-14-29(11-12-30(22)23)25(32)17-9-7-16(8-10-17)21-6-3-13-33-21/h1-10,13,15,31H,11-12,14H2. The number of aromatic nitrogens is 4. The summed E-state index contributed by atoms with van der Waals surface area (Å²) in [5.41, 5.74) is 3.19. The highest BCUT2D eigenvalue weighted by Crippen LogP contribution is 2.34. The number of rotatable bonds is 4. The third-order valence-corrected chi connectivity index (χ3v) is 7.64. The number of aromatic hydroxyl groups is 1. The predicted octanol–water partition coefficient (Wildman–Crippen LogP) is 5.16. The summed E-state index contributed by atoms with van der Waals surface area (Å²) in [5, 5.41) is 23.5. The molecule has 3 aromatic heterocycles. The van der Waals surface area contributed by atoms with E-state index in [-0.39, 0.29) is 11.7 Å². The summed E-state index contributed by atoms with van der Waals surface area (Å²) in [6.45, 7) is 1.56. The molecule has 0 saturated heterocycles. The van der Waals surface area contributed by atoms with Crippen LogP contribution in [0.5, 0.6) is 5.75 Å². The topological polar surface area (TPSA) is 84.1 Å². The molecule has 0 atom stereocenters. The van der Waals surface area contributed by atoms with Crippen LogP contribution in [0, 0.1) is 0 Å². The van der Waals surface area contributed by atoms with Crippen LogP contribution in [0.25, 0.3) is 32.5 Å². The van der Waals surface area contributed by atoms with Gasteiger partial charge in [0, 0.05) is 28.9 Å². The number of para-hydroxylation sites is 1. The summed E-state index contributed by atoms with van der Waals surface area (Å²) in [6, 6.07) is 19.0. The van der Waals surface area contributed by atoms with Crippen LogP contribution >= 0.6 is 22.7 Å². The zero-order chi connectivity index (χ0) is 23.1. The first kappa shape index (κ1) is 20.8. The van der Waals surface area contributed by atoms with Gasteiger partial charge in [0.15, 0.2) is 11.6 Å². The van der Waals surface area contributed by atoms with Gasteiger partial charge in [0.25, 0.3) is 5.91 Å². The SMILES string of the molecule is O=C(c1ccc(-c2cccs2)cc1)N1CCn2c(nnc2-c2csc(-c3ccccc3O)n2)C1. The Hall–Kier alpha value is -3.82. The highest BCUT2D eigenvalue weighted by Gasteiger charge is 2.26. The Kier molecular flexibility index (Phi) is 5.20. The van der Waals surface area contributed by atoms with Crippen LogP contribution in [0.2, 0.25) is 0 Å². The minimum atomic E-state index is -0.0102. The second-order valence-electron chi connectivity index (χ2n) is 7.93. The van der Waals surface area contributed by atoms with Crippen molar-refractivity contribution in [2.75, 3.05) is 6.54 Å². The van der Waals surface area contributed by atoms with Gasteiger partial charge in [0.2, 0.25) is 0 Å². The van der Waals surface area contributed by atoms with Crippen molar-refractivity contribution in [3.63, 3.8) is 0 Å². The van der Waals surface area contributed by atoms with Crippen LogP contribution in [-0.2, 0) is 13.1 Å². The van der Waals surface area contributed by atoms with E-state index in [0.717, 1.165) is 16.4 Å². The lowest BCUT2D eigenvalue weighted by Gasteiger charge is -2.27. The molecule has 168 valence electrons. The lowest BCUT2D eigenvalue weighted by Crippen LogP contribution is -2.38. The zero-order valence-electron chi connectivity index (χ0n) is 18.0. The molecule has 0 aliphatic carbocycles. The monoisotopic (exact) mass is 485 g/mol. The molecule has 1 aliphatic rings. The largest absolute Gasteiger partial charge is 0.507 e. The number of carbonyl (C=O) groups excluding carboxylic acids is 1.